The zero-order chi connectivity index (χ0) is 12.5. The number of aryl methyl sites for hydroxylation is 1. The van der Waals surface area contributed by atoms with E-state index in [1.54, 1.807) is 0 Å². The van der Waals surface area contributed by atoms with Crippen molar-refractivity contribution in [2.24, 2.45) is 0 Å². The molecule has 18 heavy (non-hydrogen) atoms. The Hall–Kier alpha value is -1.41. The molecule has 1 aliphatic carbocycles. The van der Waals surface area contributed by atoms with Gasteiger partial charge in [0.1, 0.15) is 0 Å². The molecule has 0 amide bonds. The molecule has 2 atom stereocenters. The molecule has 0 heterocycles. The first-order valence-corrected chi connectivity index (χ1v) is 7.20. The second-order valence-corrected chi connectivity index (χ2v) is 6.22. The third kappa shape index (κ3) is 2.39. The largest absolute Gasteiger partial charge is 0.399 e. The van der Waals surface area contributed by atoms with Gasteiger partial charge in [0.05, 0.1) is 0 Å². The van der Waals surface area contributed by atoms with Gasteiger partial charge in [0.15, 0.2) is 0 Å². The molecular formula is C16H17NS. The van der Waals surface area contributed by atoms with Crippen LogP contribution in [0.15, 0.2) is 53.4 Å². The monoisotopic (exact) mass is 255 g/mol. The van der Waals surface area contributed by atoms with Crippen LogP contribution >= 0.6 is 11.8 Å². The highest BCUT2D eigenvalue weighted by Gasteiger charge is 2.39. The molecule has 2 aromatic rings. The Labute approximate surface area is 112 Å². The molecule has 0 radical (unpaired) electrons. The third-order valence-electron chi connectivity index (χ3n) is 3.44. The average molecular weight is 255 g/mol. The fourth-order valence-corrected chi connectivity index (χ4v) is 3.66. The molecule has 0 bridgehead atoms. The Morgan fingerprint density at radius 1 is 1.11 bits per heavy atom. The molecule has 1 saturated carbocycles. The lowest BCUT2D eigenvalue weighted by molar-refractivity contribution is 1.13. The van der Waals surface area contributed by atoms with E-state index in [1.165, 1.54) is 22.4 Å². The number of hydrogen-bond donors (Lipinski definition) is 1. The molecule has 1 aliphatic rings. The summed E-state index contributed by atoms with van der Waals surface area (Å²) >= 11 is 1.99. The van der Waals surface area contributed by atoms with Gasteiger partial charge in [0, 0.05) is 15.8 Å². The van der Waals surface area contributed by atoms with E-state index < -0.39 is 0 Å². The molecule has 2 aromatic carbocycles. The number of nitrogen functional groups attached to an aromatic ring is 1. The summed E-state index contributed by atoms with van der Waals surface area (Å²) in [5.74, 6) is 0.730. The lowest BCUT2D eigenvalue weighted by atomic mass is 10.1. The van der Waals surface area contributed by atoms with Crippen molar-refractivity contribution >= 4 is 17.4 Å². The molecule has 3 rings (SSSR count). The molecular weight excluding hydrogens is 238 g/mol. The lowest BCUT2D eigenvalue weighted by Crippen LogP contribution is -1.89. The quantitative estimate of drug-likeness (QED) is 0.831. The SMILES string of the molecule is Cc1cc(N)ccc1SC1CC1c1ccccc1. The van der Waals surface area contributed by atoms with E-state index in [1.807, 2.05) is 17.8 Å². The molecule has 2 heteroatoms. The maximum Gasteiger partial charge on any atom is 0.0317 e. The molecule has 0 aliphatic heterocycles. The minimum Gasteiger partial charge on any atom is -0.399 e. The Balaban J connectivity index is 1.69. The van der Waals surface area contributed by atoms with Crippen LogP contribution in [-0.2, 0) is 0 Å². The Kier molecular flexibility index (Phi) is 3.04. The van der Waals surface area contributed by atoms with Crippen LogP contribution in [0.25, 0.3) is 0 Å². The summed E-state index contributed by atoms with van der Waals surface area (Å²) < 4.78 is 0. The van der Waals surface area contributed by atoms with E-state index >= 15 is 0 Å². The van der Waals surface area contributed by atoms with E-state index in [-0.39, 0.29) is 0 Å². The summed E-state index contributed by atoms with van der Waals surface area (Å²) in [5.41, 5.74) is 9.40. The molecule has 1 nitrogen and oxygen atoms in total. The molecule has 92 valence electrons. The number of benzene rings is 2. The van der Waals surface area contributed by atoms with Crippen LogP contribution in [0.2, 0.25) is 0 Å². The Morgan fingerprint density at radius 2 is 1.89 bits per heavy atom. The second kappa shape index (κ2) is 4.69. The highest BCUT2D eigenvalue weighted by molar-refractivity contribution is 8.00. The van der Waals surface area contributed by atoms with E-state index in [0.29, 0.717) is 0 Å². The van der Waals surface area contributed by atoms with Crippen molar-refractivity contribution in [1.29, 1.82) is 0 Å². The van der Waals surface area contributed by atoms with E-state index in [2.05, 4.69) is 49.4 Å². The first-order chi connectivity index (χ1) is 8.74. The number of rotatable bonds is 3. The summed E-state index contributed by atoms with van der Waals surface area (Å²) in [6, 6.07) is 17.0. The molecule has 0 saturated heterocycles. The van der Waals surface area contributed by atoms with Gasteiger partial charge in [0.2, 0.25) is 0 Å². The number of nitrogens with two attached hydrogens (primary N) is 1. The van der Waals surface area contributed by atoms with Crippen molar-refractivity contribution in [3.05, 3.63) is 59.7 Å². The number of hydrogen-bond acceptors (Lipinski definition) is 2. The fourth-order valence-electron chi connectivity index (χ4n) is 2.32. The normalized spacial score (nSPS) is 21.8. The van der Waals surface area contributed by atoms with Gasteiger partial charge in [-0.25, -0.2) is 0 Å². The van der Waals surface area contributed by atoms with Crippen molar-refractivity contribution in [1.82, 2.24) is 0 Å². The van der Waals surface area contributed by atoms with E-state index in [0.717, 1.165) is 16.9 Å². The number of thioether (sulfide) groups is 1. The summed E-state index contributed by atoms with van der Waals surface area (Å²) in [6.07, 6.45) is 1.29. The van der Waals surface area contributed by atoms with Crippen molar-refractivity contribution < 1.29 is 0 Å². The zero-order valence-corrected chi connectivity index (χ0v) is 11.3. The average Bonchev–Trinajstić information content (AvgIpc) is 3.13. The van der Waals surface area contributed by atoms with Gasteiger partial charge in [-0.15, -0.1) is 11.8 Å². The topological polar surface area (TPSA) is 26.0 Å². The van der Waals surface area contributed by atoms with Crippen molar-refractivity contribution in [3.63, 3.8) is 0 Å². The molecule has 2 unspecified atom stereocenters. The van der Waals surface area contributed by atoms with Crippen LogP contribution < -0.4 is 5.73 Å². The van der Waals surface area contributed by atoms with E-state index in [4.69, 9.17) is 5.73 Å². The van der Waals surface area contributed by atoms with Gasteiger partial charge in [-0.1, -0.05) is 30.3 Å². The van der Waals surface area contributed by atoms with Crippen LogP contribution in [0.5, 0.6) is 0 Å². The van der Waals surface area contributed by atoms with Crippen molar-refractivity contribution in [2.75, 3.05) is 5.73 Å². The first-order valence-electron chi connectivity index (χ1n) is 6.32. The van der Waals surface area contributed by atoms with Crippen LogP contribution in [-0.4, -0.2) is 5.25 Å². The Bertz CT molecular complexity index is 550. The molecule has 0 aromatic heterocycles. The van der Waals surface area contributed by atoms with Gasteiger partial charge in [-0.2, -0.15) is 0 Å². The van der Waals surface area contributed by atoms with Gasteiger partial charge < -0.3 is 5.73 Å². The fraction of sp³-hybridized carbons (Fsp3) is 0.250. The first kappa shape index (κ1) is 11.7. The zero-order valence-electron chi connectivity index (χ0n) is 10.5. The standard InChI is InChI=1S/C16H17NS/c1-11-9-13(17)7-8-15(11)18-16-10-14(16)12-5-3-2-4-6-12/h2-9,14,16H,10,17H2,1H3. The minimum atomic E-state index is 0.730. The summed E-state index contributed by atoms with van der Waals surface area (Å²) in [7, 11) is 0. The molecule has 0 spiro atoms. The Morgan fingerprint density at radius 3 is 2.61 bits per heavy atom. The van der Waals surface area contributed by atoms with Crippen LogP contribution in [0, 0.1) is 6.92 Å². The molecule has 1 fully saturated rings. The van der Waals surface area contributed by atoms with Crippen LogP contribution in [0.4, 0.5) is 5.69 Å². The van der Waals surface area contributed by atoms with Gasteiger partial charge >= 0.3 is 0 Å². The highest BCUT2D eigenvalue weighted by atomic mass is 32.2. The van der Waals surface area contributed by atoms with Gasteiger partial charge in [0.25, 0.3) is 0 Å². The van der Waals surface area contributed by atoms with Gasteiger partial charge in [-0.05, 0) is 48.6 Å². The van der Waals surface area contributed by atoms with Crippen molar-refractivity contribution in [3.8, 4) is 0 Å². The maximum atomic E-state index is 5.78. The lowest BCUT2D eigenvalue weighted by Gasteiger charge is -2.06. The minimum absolute atomic E-state index is 0.730. The maximum absolute atomic E-state index is 5.78. The predicted molar refractivity (Wildman–Crippen MR) is 79.0 cm³/mol. The van der Waals surface area contributed by atoms with Crippen molar-refractivity contribution in [2.45, 2.75) is 29.4 Å². The van der Waals surface area contributed by atoms with Crippen LogP contribution in [0.1, 0.15) is 23.5 Å². The second-order valence-electron chi connectivity index (χ2n) is 4.93. The smallest absolute Gasteiger partial charge is 0.0317 e. The van der Waals surface area contributed by atoms with Gasteiger partial charge in [-0.3, -0.25) is 0 Å². The highest BCUT2D eigenvalue weighted by Crippen LogP contribution is 2.52. The third-order valence-corrected chi connectivity index (χ3v) is 4.97. The van der Waals surface area contributed by atoms with E-state index in [9.17, 15) is 0 Å². The summed E-state index contributed by atoms with van der Waals surface area (Å²) in [6.45, 7) is 2.14. The summed E-state index contributed by atoms with van der Waals surface area (Å²) in [4.78, 5) is 1.37. The summed E-state index contributed by atoms with van der Waals surface area (Å²) in [5, 5.41) is 0.731. The molecule has 2 N–H and O–H groups in total. The predicted octanol–water partition coefficient (Wildman–Crippen LogP) is 4.23. The number of anilines is 1. The van der Waals surface area contributed by atoms with Crippen LogP contribution in [0.3, 0.4) is 0 Å².